The molecule has 2 aliphatic heterocycles. The molecule has 2 heterocycles. The first kappa shape index (κ1) is 30.5. The molecule has 9 nitrogen and oxygen atoms in total. The highest BCUT2D eigenvalue weighted by atomic mass is 16.5. The Morgan fingerprint density at radius 3 is 2.15 bits per heavy atom. The number of amides is 3. The summed E-state index contributed by atoms with van der Waals surface area (Å²) in [6, 6.07) is 15.3. The number of benzene rings is 2. The third-order valence-electron chi connectivity index (χ3n) is 7.96. The Kier molecular flexibility index (Phi) is 11.2. The summed E-state index contributed by atoms with van der Waals surface area (Å²) < 4.78 is 11.3. The van der Waals surface area contributed by atoms with Crippen LogP contribution in [0.3, 0.4) is 0 Å². The molecule has 222 valence electrons. The molecule has 2 saturated heterocycles. The van der Waals surface area contributed by atoms with Gasteiger partial charge in [-0.25, -0.2) is 0 Å². The predicted molar refractivity (Wildman–Crippen MR) is 158 cm³/mol. The Morgan fingerprint density at radius 2 is 1.51 bits per heavy atom. The van der Waals surface area contributed by atoms with Gasteiger partial charge in [0.15, 0.2) is 0 Å². The second-order valence-corrected chi connectivity index (χ2v) is 10.8. The molecule has 0 unspecified atom stereocenters. The zero-order valence-corrected chi connectivity index (χ0v) is 24.7. The zero-order chi connectivity index (χ0) is 29.2. The van der Waals surface area contributed by atoms with Crippen LogP contribution in [0.15, 0.2) is 48.5 Å². The number of hydrogen-bond donors (Lipinski definition) is 0. The number of likely N-dealkylation sites (N-methyl/N-ethyl adjacent to an activating group) is 1. The first-order chi connectivity index (χ1) is 19.9. The van der Waals surface area contributed by atoms with Crippen LogP contribution in [0.1, 0.15) is 54.6 Å². The number of likely N-dealkylation sites (tertiary alicyclic amines) is 1. The number of methoxy groups -OCH3 is 1. The van der Waals surface area contributed by atoms with Gasteiger partial charge in [0.05, 0.1) is 13.2 Å². The van der Waals surface area contributed by atoms with Crippen molar-refractivity contribution in [2.24, 2.45) is 0 Å². The molecule has 0 radical (unpaired) electrons. The minimum absolute atomic E-state index is 0.0473. The Balaban J connectivity index is 1.47. The molecule has 2 aliphatic rings. The lowest BCUT2D eigenvalue weighted by molar-refractivity contribution is -0.138. The summed E-state index contributed by atoms with van der Waals surface area (Å²) in [6.07, 6.45) is 3.27. The Labute approximate surface area is 244 Å². The highest BCUT2D eigenvalue weighted by molar-refractivity contribution is 5.96. The Morgan fingerprint density at radius 1 is 0.878 bits per heavy atom. The predicted octanol–water partition coefficient (Wildman–Crippen LogP) is 3.42. The number of hydrogen-bond acceptors (Lipinski definition) is 6. The molecule has 0 saturated carbocycles. The Bertz CT molecular complexity index is 1140. The van der Waals surface area contributed by atoms with Crippen molar-refractivity contribution in [1.82, 2.24) is 19.6 Å². The molecule has 2 aromatic rings. The highest BCUT2D eigenvalue weighted by Crippen LogP contribution is 2.19. The molecule has 0 bridgehead atoms. The average molecular weight is 565 g/mol. The van der Waals surface area contributed by atoms with Crippen molar-refractivity contribution in [3.05, 3.63) is 65.2 Å². The first-order valence-electron chi connectivity index (χ1n) is 14.8. The average Bonchev–Trinajstić information content (AvgIpc) is 3.15. The number of piperidine rings is 1. The fourth-order valence-corrected chi connectivity index (χ4v) is 5.51. The smallest absolute Gasteiger partial charge is 0.254 e. The van der Waals surface area contributed by atoms with Crippen molar-refractivity contribution in [3.8, 4) is 5.75 Å². The quantitative estimate of drug-likeness (QED) is 0.416. The fraction of sp³-hybridized carbons (Fsp3) is 0.531. The van der Waals surface area contributed by atoms with E-state index in [0.29, 0.717) is 25.2 Å². The minimum Gasteiger partial charge on any atom is -0.497 e. The maximum Gasteiger partial charge on any atom is 0.254 e. The molecule has 0 spiro atoms. The standard InChI is InChI=1S/C32H44N4O5/c1-4-34(5-2)31(38)24-41-29-21-35(20-26-11-15-28(40-3)16-12-26)30(37)23-36(22-29)32(39)27-13-9-25(10-14-27)19-33-17-7-6-8-18-33/h9-16,29H,4-8,17-24H2,1-3H3/t29-/m0/s1. The minimum atomic E-state index is -0.499. The number of nitrogens with zero attached hydrogens (tertiary/aromatic N) is 4. The topological polar surface area (TPSA) is 82.6 Å². The second-order valence-electron chi connectivity index (χ2n) is 10.8. The van der Waals surface area contributed by atoms with E-state index >= 15 is 0 Å². The molecule has 0 aliphatic carbocycles. The number of rotatable bonds is 11. The van der Waals surface area contributed by atoms with E-state index in [0.717, 1.165) is 30.9 Å². The Hall–Kier alpha value is -3.43. The molecule has 2 fully saturated rings. The van der Waals surface area contributed by atoms with Crippen LogP contribution in [0.25, 0.3) is 0 Å². The monoisotopic (exact) mass is 564 g/mol. The van der Waals surface area contributed by atoms with Crippen molar-refractivity contribution in [2.75, 3.05) is 59.5 Å². The summed E-state index contributed by atoms with van der Waals surface area (Å²) >= 11 is 0. The molecule has 41 heavy (non-hydrogen) atoms. The molecular weight excluding hydrogens is 520 g/mol. The van der Waals surface area contributed by atoms with Crippen molar-refractivity contribution < 1.29 is 23.9 Å². The van der Waals surface area contributed by atoms with E-state index in [-0.39, 0.29) is 44.0 Å². The van der Waals surface area contributed by atoms with Crippen molar-refractivity contribution in [2.45, 2.75) is 52.3 Å². The summed E-state index contributed by atoms with van der Waals surface area (Å²) in [5, 5.41) is 0. The van der Waals surface area contributed by atoms with E-state index in [2.05, 4.69) is 4.90 Å². The van der Waals surface area contributed by atoms with Crippen LogP contribution in [-0.4, -0.2) is 103 Å². The van der Waals surface area contributed by atoms with Gasteiger partial charge in [0.25, 0.3) is 5.91 Å². The van der Waals surface area contributed by atoms with Gasteiger partial charge in [0.1, 0.15) is 18.9 Å². The van der Waals surface area contributed by atoms with Gasteiger partial charge in [-0.15, -0.1) is 0 Å². The highest BCUT2D eigenvalue weighted by Gasteiger charge is 2.32. The van der Waals surface area contributed by atoms with Crippen molar-refractivity contribution >= 4 is 17.7 Å². The molecule has 2 aromatic carbocycles. The summed E-state index contributed by atoms with van der Waals surface area (Å²) in [5.74, 6) is 0.273. The lowest BCUT2D eigenvalue weighted by Gasteiger charge is -2.27. The van der Waals surface area contributed by atoms with Crippen LogP contribution in [0.4, 0.5) is 0 Å². The van der Waals surface area contributed by atoms with Crippen molar-refractivity contribution in [3.63, 3.8) is 0 Å². The normalized spacial score (nSPS) is 18.2. The van der Waals surface area contributed by atoms with Gasteiger partial charge in [0, 0.05) is 44.8 Å². The third kappa shape index (κ3) is 8.53. The fourth-order valence-electron chi connectivity index (χ4n) is 5.51. The van der Waals surface area contributed by atoms with Gasteiger partial charge in [-0.3, -0.25) is 19.3 Å². The SMILES string of the molecule is CCN(CC)C(=O)CO[C@H]1CN(Cc2ccc(OC)cc2)C(=O)CN(C(=O)c2ccc(CN3CCCCC3)cc2)C1. The molecule has 4 rings (SSSR count). The van der Waals surface area contributed by atoms with Crippen LogP contribution in [-0.2, 0) is 27.4 Å². The first-order valence-corrected chi connectivity index (χ1v) is 14.8. The molecule has 0 aromatic heterocycles. The van der Waals surface area contributed by atoms with Crippen LogP contribution < -0.4 is 4.74 Å². The molecular formula is C32H44N4O5. The maximum atomic E-state index is 13.6. The van der Waals surface area contributed by atoms with Crippen LogP contribution >= 0.6 is 0 Å². The van der Waals surface area contributed by atoms with Crippen LogP contribution in [0.5, 0.6) is 5.75 Å². The van der Waals surface area contributed by atoms with E-state index in [1.807, 2.05) is 62.4 Å². The second kappa shape index (κ2) is 15.0. The van der Waals surface area contributed by atoms with Gasteiger partial charge < -0.3 is 24.2 Å². The lowest BCUT2D eigenvalue weighted by Crippen LogP contribution is -2.41. The molecule has 0 N–H and O–H groups in total. The zero-order valence-electron chi connectivity index (χ0n) is 24.7. The third-order valence-corrected chi connectivity index (χ3v) is 7.96. The van der Waals surface area contributed by atoms with E-state index in [1.54, 1.807) is 21.8 Å². The van der Waals surface area contributed by atoms with Gasteiger partial charge in [0.2, 0.25) is 11.8 Å². The largest absolute Gasteiger partial charge is 0.497 e. The van der Waals surface area contributed by atoms with E-state index in [4.69, 9.17) is 9.47 Å². The summed E-state index contributed by atoms with van der Waals surface area (Å²) in [6.45, 7) is 8.92. The van der Waals surface area contributed by atoms with Gasteiger partial charge in [-0.2, -0.15) is 0 Å². The number of ether oxygens (including phenoxy) is 2. The van der Waals surface area contributed by atoms with Gasteiger partial charge in [-0.05, 0) is 75.2 Å². The molecule has 1 atom stereocenters. The number of carbonyl (C=O) groups is 3. The molecule has 9 heteroatoms. The summed E-state index contributed by atoms with van der Waals surface area (Å²) in [5.41, 5.74) is 2.67. The van der Waals surface area contributed by atoms with Crippen LogP contribution in [0.2, 0.25) is 0 Å². The lowest BCUT2D eigenvalue weighted by atomic mass is 10.1. The summed E-state index contributed by atoms with van der Waals surface area (Å²) in [7, 11) is 1.61. The van der Waals surface area contributed by atoms with E-state index in [1.165, 1.54) is 24.8 Å². The van der Waals surface area contributed by atoms with Gasteiger partial charge in [-0.1, -0.05) is 30.7 Å². The van der Waals surface area contributed by atoms with E-state index < -0.39 is 6.10 Å². The van der Waals surface area contributed by atoms with E-state index in [9.17, 15) is 14.4 Å². The summed E-state index contributed by atoms with van der Waals surface area (Å²) in [4.78, 5) is 47.1. The maximum absolute atomic E-state index is 13.6. The van der Waals surface area contributed by atoms with Crippen LogP contribution in [0, 0.1) is 0 Å². The number of carbonyl (C=O) groups excluding carboxylic acids is 3. The molecule has 3 amide bonds. The van der Waals surface area contributed by atoms with Gasteiger partial charge >= 0.3 is 0 Å². The van der Waals surface area contributed by atoms with Crippen molar-refractivity contribution in [1.29, 1.82) is 0 Å².